The molecule has 154 valence electrons. The van der Waals surface area contributed by atoms with Crippen molar-refractivity contribution in [3.05, 3.63) is 35.9 Å². The molecule has 0 heterocycles. The minimum Gasteiger partial charge on any atom is -0.467 e. The Hall–Kier alpha value is -2.55. The summed E-state index contributed by atoms with van der Waals surface area (Å²) in [6.45, 7) is 3.02. The zero-order valence-corrected chi connectivity index (χ0v) is 17.1. The fraction of sp³-hybridized carbons (Fsp3) is 0.474. The van der Waals surface area contributed by atoms with Gasteiger partial charge in [-0.15, -0.1) is 0 Å². The molecular weight excluding hydrogens is 382 g/mol. The molecule has 3 amide bonds. The highest BCUT2D eigenvalue weighted by Crippen LogP contribution is 2.09. The Morgan fingerprint density at radius 2 is 1.82 bits per heavy atom. The molecule has 0 aliphatic rings. The SMILES string of the molecule is COC(=O)[C@H](Cc1ccccc1)NC(=O)C(C)(C)NC(=O)[C@H](CCS)NC=O. The smallest absolute Gasteiger partial charge is 0.328 e. The highest BCUT2D eigenvalue weighted by molar-refractivity contribution is 7.80. The summed E-state index contributed by atoms with van der Waals surface area (Å²) in [5, 5.41) is 7.62. The van der Waals surface area contributed by atoms with Crippen molar-refractivity contribution in [3.8, 4) is 0 Å². The molecule has 9 heteroatoms. The average molecular weight is 410 g/mol. The van der Waals surface area contributed by atoms with Gasteiger partial charge < -0.3 is 20.7 Å². The van der Waals surface area contributed by atoms with Crippen LogP contribution < -0.4 is 16.0 Å². The van der Waals surface area contributed by atoms with Crippen molar-refractivity contribution in [1.82, 2.24) is 16.0 Å². The number of methoxy groups -OCH3 is 1. The van der Waals surface area contributed by atoms with Crippen LogP contribution in [-0.4, -0.2) is 54.7 Å². The second-order valence-electron chi connectivity index (χ2n) is 6.70. The Balaban J connectivity index is 2.85. The van der Waals surface area contributed by atoms with Gasteiger partial charge in [-0.3, -0.25) is 14.4 Å². The van der Waals surface area contributed by atoms with E-state index in [1.807, 2.05) is 30.3 Å². The van der Waals surface area contributed by atoms with Crippen molar-refractivity contribution in [1.29, 1.82) is 0 Å². The van der Waals surface area contributed by atoms with Gasteiger partial charge in [0.2, 0.25) is 18.2 Å². The molecular formula is C19H27N3O5S. The monoisotopic (exact) mass is 409 g/mol. The van der Waals surface area contributed by atoms with E-state index in [1.165, 1.54) is 21.0 Å². The molecule has 0 bridgehead atoms. The molecule has 8 nitrogen and oxygen atoms in total. The maximum Gasteiger partial charge on any atom is 0.328 e. The zero-order chi connectivity index (χ0) is 21.2. The molecule has 1 aromatic rings. The van der Waals surface area contributed by atoms with Gasteiger partial charge in [-0.2, -0.15) is 12.6 Å². The number of rotatable bonds is 11. The maximum atomic E-state index is 12.7. The largest absolute Gasteiger partial charge is 0.467 e. The molecule has 28 heavy (non-hydrogen) atoms. The summed E-state index contributed by atoms with van der Waals surface area (Å²) in [5.74, 6) is -1.27. The topological polar surface area (TPSA) is 114 Å². The molecule has 2 atom stereocenters. The third-order valence-electron chi connectivity index (χ3n) is 4.08. The Labute approximate surface area is 170 Å². The van der Waals surface area contributed by atoms with Gasteiger partial charge in [0.1, 0.15) is 17.6 Å². The van der Waals surface area contributed by atoms with Gasteiger partial charge in [0.15, 0.2) is 0 Å². The van der Waals surface area contributed by atoms with Crippen LogP contribution in [0.4, 0.5) is 0 Å². The fourth-order valence-electron chi connectivity index (χ4n) is 2.48. The zero-order valence-electron chi connectivity index (χ0n) is 16.2. The number of carbonyl (C=O) groups is 4. The third kappa shape index (κ3) is 7.22. The molecule has 0 radical (unpaired) electrons. The van der Waals surface area contributed by atoms with Gasteiger partial charge in [0.05, 0.1) is 7.11 Å². The van der Waals surface area contributed by atoms with Crippen molar-refractivity contribution < 1.29 is 23.9 Å². The van der Waals surface area contributed by atoms with Crippen molar-refractivity contribution in [2.75, 3.05) is 12.9 Å². The predicted octanol–water partition coefficient (Wildman–Crippen LogP) is 0.216. The summed E-state index contributed by atoms with van der Waals surface area (Å²) in [4.78, 5) is 47.9. The van der Waals surface area contributed by atoms with Crippen LogP contribution in [0.2, 0.25) is 0 Å². The number of nitrogens with one attached hydrogen (secondary N) is 3. The van der Waals surface area contributed by atoms with Gasteiger partial charge in [-0.05, 0) is 31.6 Å². The van der Waals surface area contributed by atoms with Crippen molar-refractivity contribution in [2.24, 2.45) is 0 Å². The molecule has 0 saturated heterocycles. The second kappa shape index (κ2) is 11.3. The first-order valence-electron chi connectivity index (χ1n) is 8.80. The highest BCUT2D eigenvalue weighted by Gasteiger charge is 2.34. The highest BCUT2D eigenvalue weighted by atomic mass is 32.1. The van der Waals surface area contributed by atoms with Gasteiger partial charge in [0, 0.05) is 6.42 Å². The van der Waals surface area contributed by atoms with Crippen molar-refractivity contribution in [2.45, 2.75) is 44.3 Å². The third-order valence-corrected chi connectivity index (χ3v) is 4.34. The van der Waals surface area contributed by atoms with Crippen LogP contribution in [-0.2, 0) is 30.3 Å². The predicted molar refractivity (Wildman–Crippen MR) is 108 cm³/mol. The summed E-state index contributed by atoms with van der Waals surface area (Å²) < 4.78 is 4.78. The number of hydrogen-bond donors (Lipinski definition) is 4. The summed E-state index contributed by atoms with van der Waals surface area (Å²) in [6.07, 6.45) is 0.982. The molecule has 0 spiro atoms. The van der Waals surface area contributed by atoms with E-state index in [1.54, 1.807) is 0 Å². The maximum absolute atomic E-state index is 12.7. The summed E-state index contributed by atoms with van der Waals surface area (Å²) >= 11 is 4.06. The van der Waals surface area contributed by atoms with E-state index in [9.17, 15) is 19.2 Å². The lowest BCUT2D eigenvalue weighted by atomic mass is 10.0. The van der Waals surface area contributed by atoms with Crippen molar-refractivity contribution in [3.63, 3.8) is 0 Å². The van der Waals surface area contributed by atoms with E-state index in [2.05, 4.69) is 28.6 Å². The van der Waals surface area contributed by atoms with E-state index in [0.717, 1.165) is 5.56 Å². The molecule has 0 aromatic heterocycles. The number of esters is 1. The van der Waals surface area contributed by atoms with Gasteiger partial charge in [0.25, 0.3) is 0 Å². The van der Waals surface area contributed by atoms with Crippen LogP contribution in [0.15, 0.2) is 30.3 Å². The number of carbonyl (C=O) groups excluding carboxylic acids is 4. The normalized spacial score (nSPS) is 13.0. The van der Waals surface area contributed by atoms with Crippen LogP contribution >= 0.6 is 12.6 Å². The van der Waals surface area contributed by atoms with E-state index in [-0.39, 0.29) is 6.42 Å². The molecule has 0 aliphatic carbocycles. The Morgan fingerprint density at radius 3 is 2.36 bits per heavy atom. The fourth-order valence-corrected chi connectivity index (χ4v) is 2.74. The average Bonchev–Trinajstić information content (AvgIpc) is 2.67. The number of ether oxygens (including phenoxy) is 1. The summed E-state index contributed by atoms with van der Waals surface area (Å²) in [6, 6.07) is 7.47. The summed E-state index contributed by atoms with van der Waals surface area (Å²) in [7, 11) is 1.24. The number of amides is 3. The number of benzene rings is 1. The Morgan fingerprint density at radius 1 is 1.18 bits per heavy atom. The molecule has 0 unspecified atom stereocenters. The standard InChI is InChI=1S/C19H27N3O5S/c1-19(2,22-16(24)14(9-10-28)20-12-23)18(26)21-15(17(25)27-3)11-13-7-5-4-6-8-13/h4-8,12,14-15,28H,9-11H2,1-3H3,(H,20,23)(H,21,26)(H,22,24)/t14-,15-/m0/s1. The Bertz CT molecular complexity index is 681. The van der Waals surface area contributed by atoms with Gasteiger partial charge in [-0.1, -0.05) is 30.3 Å². The van der Waals surface area contributed by atoms with Crippen molar-refractivity contribution >= 4 is 36.8 Å². The first-order valence-corrected chi connectivity index (χ1v) is 9.43. The lowest BCUT2D eigenvalue weighted by Gasteiger charge is -2.29. The van der Waals surface area contributed by atoms with Crippen LogP contribution in [0.1, 0.15) is 25.8 Å². The van der Waals surface area contributed by atoms with Crippen LogP contribution in [0.5, 0.6) is 0 Å². The molecule has 3 N–H and O–H groups in total. The quantitative estimate of drug-likeness (QED) is 0.237. The first-order chi connectivity index (χ1) is 13.2. The van der Waals surface area contributed by atoms with E-state index in [0.29, 0.717) is 18.6 Å². The van der Waals surface area contributed by atoms with Gasteiger partial charge in [-0.25, -0.2) is 4.79 Å². The first kappa shape index (κ1) is 23.5. The van der Waals surface area contributed by atoms with E-state index in [4.69, 9.17) is 4.74 Å². The molecule has 0 fully saturated rings. The number of thiol groups is 1. The Kier molecular flexibility index (Phi) is 9.50. The lowest BCUT2D eigenvalue weighted by Crippen LogP contribution is -2.61. The van der Waals surface area contributed by atoms with E-state index < -0.39 is 35.4 Å². The molecule has 0 aliphatic heterocycles. The van der Waals surface area contributed by atoms with E-state index >= 15 is 0 Å². The molecule has 1 rings (SSSR count). The lowest BCUT2D eigenvalue weighted by molar-refractivity contribution is -0.146. The van der Waals surface area contributed by atoms with Gasteiger partial charge >= 0.3 is 5.97 Å². The minimum atomic E-state index is -1.32. The van der Waals surface area contributed by atoms with Crippen LogP contribution in [0.3, 0.4) is 0 Å². The van der Waals surface area contributed by atoms with Crippen LogP contribution in [0, 0.1) is 0 Å². The summed E-state index contributed by atoms with van der Waals surface area (Å²) in [5.41, 5.74) is -0.469. The molecule has 0 saturated carbocycles. The minimum absolute atomic E-state index is 0.248. The molecule has 1 aromatic carbocycles. The second-order valence-corrected chi connectivity index (χ2v) is 7.15. The van der Waals surface area contributed by atoms with Crippen LogP contribution in [0.25, 0.3) is 0 Å². The number of hydrogen-bond acceptors (Lipinski definition) is 6.